The van der Waals surface area contributed by atoms with Crippen LogP contribution in [0, 0.1) is 17.7 Å². The van der Waals surface area contributed by atoms with Crippen LogP contribution >= 0.6 is 0 Å². The molecular formula is C16H18FNO3. The maximum atomic E-state index is 13.9. The summed E-state index contributed by atoms with van der Waals surface area (Å²) in [6, 6.07) is 4.03. The third-order valence-corrected chi connectivity index (χ3v) is 3.47. The molecule has 1 aliphatic heterocycles. The molecule has 0 spiro atoms. The number of likely N-dealkylation sites (tertiary alicyclic amines) is 1. The Labute approximate surface area is 123 Å². The summed E-state index contributed by atoms with van der Waals surface area (Å²) in [4.78, 5) is 13.9. The number of amides is 1. The van der Waals surface area contributed by atoms with E-state index in [0.717, 1.165) is 0 Å². The highest BCUT2D eigenvalue weighted by Crippen LogP contribution is 2.23. The van der Waals surface area contributed by atoms with E-state index in [2.05, 4.69) is 11.8 Å². The van der Waals surface area contributed by atoms with Crippen molar-refractivity contribution in [2.75, 3.05) is 19.7 Å². The molecule has 0 bridgehead atoms. The zero-order chi connectivity index (χ0) is 15.5. The summed E-state index contributed by atoms with van der Waals surface area (Å²) in [5.74, 6) is 4.05. The van der Waals surface area contributed by atoms with Crippen LogP contribution in [0.2, 0.25) is 0 Å². The monoisotopic (exact) mass is 291 g/mol. The summed E-state index contributed by atoms with van der Waals surface area (Å²) < 4.78 is 13.9. The Morgan fingerprint density at radius 1 is 1.52 bits per heavy atom. The number of aliphatic hydroxyl groups excluding tert-OH is 1. The number of nitrogens with zero attached hydrogens (tertiary/aromatic N) is 1. The number of rotatable bonds is 1. The maximum absolute atomic E-state index is 13.9. The molecule has 5 heteroatoms. The summed E-state index contributed by atoms with van der Waals surface area (Å²) in [6.07, 6.45) is 1.31. The van der Waals surface area contributed by atoms with E-state index < -0.39 is 17.3 Å². The standard InChI is InChI=1S/C16H18FNO3/c1-16(21)7-3-8-18(11-16)15(20)13-10-12(4-2-9-19)5-6-14(13)17/h5-6,10,19,21H,3,7-9,11H2,1H3. The molecular weight excluding hydrogens is 273 g/mol. The first-order chi connectivity index (χ1) is 9.93. The zero-order valence-electron chi connectivity index (χ0n) is 11.9. The Hall–Kier alpha value is -1.90. The molecule has 0 radical (unpaired) electrons. The van der Waals surface area contributed by atoms with Gasteiger partial charge < -0.3 is 15.1 Å². The first kappa shape index (κ1) is 15.5. The number of piperidine rings is 1. The van der Waals surface area contributed by atoms with Gasteiger partial charge in [0.1, 0.15) is 12.4 Å². The van der Waals surface area contributed by atoms with Crippen molar-refractivity contribution in [1.29, 1.82) is 0 Å². The van der Waals surface area contributed by atoms with E-state index in [1.165, 1.54) is 23.1 Å². The number of hydrogen-bond donors (Lipinski definition) is 2. The average molecular weight is 291 g/mol. The van der Waals surface area contributed by atoms with E-state index in [1.807, 2.05) is 0 Å². The second-order valence-corrected chi connectivity index (χ2v) is 5.48. The number of aliphatic hydroxyl groups is 2. The van der Waals surface area contributed by atoms with Crippen LogP contribution in [0.4, 0.5) is 4.39 Å². The molecule has 1 heterocycles. The largest absolute Gasteiger partial charge is 0.388 e. The van der Waals surface area contributed by atoms with E-state index in [4.69, 9.17) is 5.11 Å². The van der Waals surface area contributed by atoms with Crippen molar-refractivity contribution in [3.8, 4) is 11.8 Å². The van der Waals surface area contributed by atoms with Gasteiger partial charge in [-0.05, 0) is 38.0 Å². The lowest BCUT2D eigenvalue weighted by molar-refractivity contribution is -0.0109. The van der Waals surface area contributed by atoms with Gasteiger partial charge in [-0.1, -0.05) is 11.8 Å². The lowest BCUT2D eigenvalue weighted by Gasteiger charge is -2.36. The second-order valence-electron chi connectivity index (χ2n) is 5.48. The van der Waals surface area contributed by atoms with E-state index in [-0.39, 0.29) is 18.7 Å². The van der Waals surface area contributed by atoms with E-state index in [9.17, 15) is 14.3 Å². The molecule has 4 nitrogen and oxygen atoms in total. The van der Waals surface area contributed by atoms with Crippen LogP contribution < -0.4 is 0 Å². The van der Waals surface area contributed by atoms with Crippen molar-refractivity contribution in [3.05, 3.63) is 35.1 Å². The van der Waals surface area contributed by atoms with Gasteiger partial charge >= 0.3 is 0 Å². The fourth-order valence-electron chi connectivity index (χ4n) is 2.47. The van der Waals surface area contributed by atoms with Gasteiger partial charge in [-0.2, -0.15) is 0 Å². The molecule has 1 saturated heterocycles. The fraction of sp³-hybridized carbons (Fsp3) is 0.438. The normalized spacial score (nSPS) is 21.6. The first-order valence-corrected chi connectivity index (χ1v) is 6.84. The Morgan fingerprint density at radius 2 is 2.29 bits per heavy atom. The summed E-state index contributed by atoms with van der Waals surface area (Å²) in [5, 5.41) is 18.7. The minimum atomic E-state index is -0.932. The predicted molar refractivity (Wildman–Crippen MR) is 76.1 cm³/mol. The number of β-amino-alcohol motifs (C(OH)–C–C–N with tert-alkyl or cyclic N) is 1. The molecule has 21 heavy (non-hydrogen) atoms. The van der Waals surface area contributed by atoms with Crippen LogP contribution in [0.15, 0.2) is 18.2 Å². The van der Waals surface area contributed by atoms with Gasteiger partial charge in [-0.15, -0.1) is 0 Å². The molecule has 1 atom stereocenters. The zero-order valence-corrected chi connectivity index (χ0v) is 11.9. The first-order valence-electron chi connectivity index (χ1n) is 6.84. The van der Waals surface area contributed by atoms with Gasteiger partial charge in [0.15, 0.2) is 0 Å². The van der Waals surface area contributed by atoms with Gasteiger partial charge in [0, 0.05) is 18.7 Å². The van der Waals surface area contributed by atoms with Crippen molar-refractivity contribution in [2.24, 2.45) is 0 Å². The van der Waals surface area contributed by atoms with E-state index in [0.29, 0.717) is 24.9 Å². The van der Waals surface area contributed by atoms with Crippen molar-refractivity contribution in [1.82, 2.24) is 4.90 Å². The Bertz CT molecular complexity index is 601. The molecule has 1 aliphatic rings. The van der Waals surface area contributed by atoms with Crippen LogP contribution in [0.5, 0.6) is 0 Å². The molecule has 1 aromatic rings. The number of carbonyl (C=O) groups is 1. The maximum Gasteiger partial charge on any atom is 0.256 e. The van der Waals surface area contributed by atoms with Crippen molar-refractivity contribution in [3.63, 3.8) is 0 Å². The van der Waals surface area contributed by atoms with Crippen LogP contribution in [-0.2, 0) is 0 Å². The molecule has 0 saturated carbocycles. The van der Waals surface area contributed by atoms with Crippen LogP contribution in [0.1, 0.15) is 35.7 Å². The third kappa shape index (κ3) is 3.81. The molecule has 2 rings (SSSR count). The molecule has 2 N–H and O–H groups in total. The second kappa shape index (κ2) is 6.25. The van der Waals surface area contributed by atoms with Crippen molar-refractivity contribution >= 4 is 5.91 Å². The number of benzene rings is 1. The minimum absolute atomic E-state index is 0.0579. The molecule has 1 unspecified atom stereocenters. The minimum Gasteiger partial charge on any atom is -0.388 e. The van der Waals surface area contributed by atoms with E-state index >= 15 is 0 Å². The summed E-state index contributed by atoms with van der Waals surface area (Å²) in [5.41, 5.74) is -0.520. The molecule has 1 amide bonds. The Balaban J connectivity index is 2.26. The highest BCUT2D eigenvalue weighted by atomic mass is 19.1. The van der Waals surface area contributed by atoms with Gasteiger partial charge in [-0.3, -0.25) is 4.79 Å². The Morgan fingerprint density at radius 3 is 2.95 bits per heavy atom. The quantitative estimate of drug-likeness (QED) is 0.763. The Kier molecular flexibility index (Phi) is 4.61. The smallest absolute Gasteiger partial charge is 0.256 e. The molecule has 1 fully saturated rings. The fourth-order valence-corrected chi connectivity index (χ4v) is 2.47. The van der Waals surface area contributed by atoms with Crippen molar-refractivity contribution in [2.45, 2.75) is 25.4 Å². The van der Waals surface area contributed by atoms with Gasteiger partial charge in [0.2, 0.25) is 0 Å². The molecule has 1 aromatic carbocycles. The highest BCUT2D eigenvalue weighted by Gasteiger charge is 2.32. The third-order valence-electron chi connectivity index (χ3n) is 3.47. The summed E-state index contributed by atoms with van der Waals surface area (Å²) in [6.45, 7) is 2.07. The SMILES string of the molecule is CC1(O)CCCN(C(=O)c2cc(C#CCO)ccc2F)C1. The van der Waals surface area contributed by atoms with E-state index in [1.54, 1.807) is 6.92 Å². The summed E-state index contributed by atoms with van der Waals surface area (Å²) >= 11 is 0. The molecule has 0 aromatic heterocycles. The van der Waals surface area contributed by atoms with Crippen LogP contribution in [0.3, 0.4) is 0 Å². The lowest BCUT2D eigenvalue weighted by Crippen LogP contribution is -2.48. The van der Waals surface area contributed by atoms with Gasteiger partial charge in [0.05, 0.1) is 11.2 Å². The molecule has 112 valence electrons. The lowest BCUT2D eigenvalue weighted by atomic mass is 9.94. The predicted octanol–water partition coefficient (Wildman–Crippen LogP) is 1.16. The molecule has 0 aliphatic carbocycles. The van der Waals surface area contributed by atoms with Crippen LogP contribution in [-0.4, -0.2) is 46.3 Å². The van der Waals surface area contributed by atoms with Crippen LogP contribution in [0.25, 0.3) is 0 Å². The van der Waals surface area contributed by atoms with Gasteiger partial charge in [-0.25, -0.2) is 4.39 Å². The number of hydrogen-bond acceptors (Lipinski definition) is 3. The summed E-state index contributed by atoms with van der Waals surface area (Å²) in [7, 11) is 0. The van der Waals surface area contributed by atoms with Crippen molar-refractivity contribution < 1.29 is 19.4 Å². The number of halogens is 1. The topological polar surface area (TPSA) is 60.8 Å². The average Bonchev–Trinajstić information content (AvgIpc) is 2.44. The number of carbonyl (C=O) groups excluding carboxylic acids is 1. The highest BCUT2D eigenvalue weighted by molar-refractivity contribution is 5.95. The van der Waals surface area contributed by atoms with Gasteiger partial charge in [0.25, 0.3) is 5.91 Å².